The summed E-state index contributed by atoms with van der Waals surface area (Å²) in [6, 6.07) is 16.1. The van der Waals surface area contributed by atoms with E-state index in [1.165, 1.54) is 36.9 Å². The zero-order chi connectivity index (χ0) is 43.5. The Morgan fingerprint density at radius 3 is 1.70 bits per heavy atom. The molecule has 0 bridgehead atoms. The predicted octanol–water partition coefficient (Wildman–Crippen LogP) is 5.36. The van der Waals surface area contributed by atoms with Gasteiger partial charge in [0.2, 0.25) is 11.2 Å². The van der Waals surface area contributed by atoms with Crippen molar-refractivity contribution >= 4 is 62.6 Å². The maximum Gasteiger partial charge on any atom is 0.222 e. The molecule has 17 heteroatoms. The number of fused-ring (bicyclic) bond motifs is 2. The van der Waals surface area contributed by atoms with E-state index >= 15 is 0 Å². The average molecular weight is 835 g/mol. The number of aryl methyl sites for hydroxylation is 2. The minimum absolute atomic E-state index is 0.0101. The van der Waals surface area contributed by atoms with E-state index in [2.05, 4.69) is 63.2 Å². The largest absolute Gasteiger partial charge is 0.354 e. The first-order valence-electron chi connectivity index (χ1n) is 19.4. The molecule has 6 heterocycles. The molecule has 2 saturated heterocycles. The molecule has 0 radical (unpaired) electrons. The molecule has 0 unspecified atom stereocenters. The minimum Gasteiger partial charge on any atom is -0.354 e. The van der Waals surface area contributed by atoms with Crippen LogP contribution >= 0.6 is 11.6 Å². The van der Waals surface area contributed by atoms with E-state index in [0.29, 0.717) is 35.7 Å². The molecule has 6 aromatic rings. The Balaban J connectivity index is 0.000000175. The van der Waals surface area contributed by atoms with Crippen LogP contribution in [0.25, 0.3) is 21.8 Å². The van der Waals surface area contributed by atoms with Gasteiger partial charge in [0.1, 0.15) is 35.4 Å². The molecule has 8 rings (SSSR count). The Labute approximate surface area is 357 Å². The van der Waals surface area contributed by atoms with E-state index in [1.807, 2.05) is 62.4 Å². The highest BCUT2D eigenvalue weighted by molar-refractivity contribution is 6.28. The number of rotatable bonds is 10. The van der Waals surface area contributed by atoms with Crippen molar-refractivity contribution in [3.8, 4) is 12.1 Å². The number of nitrogens with zero attached hydrogens (tertiary/aromatic N) is 12. The second-order valence-electron chi connectivity index (χ2n) is 14.4. The van der Waals surface area contributed by atoms with E-state index in [1.54, 1.807) is 0 Å². The van der Waals surface area contributed by atoms with E-state index in [4.69, 9.17) is 32.8 Å². The van der Waals surface area contributed by atoms with Gasteiger partial charge in [0.25, 0.3) is 0 Å². The Hall–Kier alpha value is -7.27. The maximum absolute atomic E-state index is 11.7. The number of halogens is 1. The fraction of sp³-hybridized carbons (Fsp3) is 0.273. The van der Waals surface area contributed by atoms with E-state index in [0.717, 1.165) is 89.4 Å². The van der Waals surface area contributed by atoms with Crippen molar-refractivity contribution in [2.24, 2.45) is 5.73 Å². The number of hydrogen-bond donors (Lipinski definition) is 2. The first kappa shape index (κ1) is 43.3. The fourth-order valence-corrected chi connectivity index (χ4v) is 6.95. The highest BCUT2D eigenvalue weighted by atomic mass is 35.5. The Bertz CT molecular complexity index is 2660. The highest BCUT2D eigenvalue weighted by Crippen LogP contribution is 2.30. The van der Waals surface area contributed by atoms with Crippen LogP contribution in [-0.4, -0.2) is 89.7 Å². The van der Waals surface area contributed by atoms with Crippen LogP contribution in [-0.2, 0) is 22.4 Å². The molecule has 0 spiro atoms. The molecular formula is C44H43ClN14O2. The number of nitriles is 2. The number of nitrogens with one attached hydrogen (secondary N) is 1. The summed E-state index contributed by atoms with van der Waals surface area (Å²) in [6.45, 7) is 14.2. The third-order valence-electron chi connectivity index (χ3n) is 9.79. The topological polar surface area (TPSA) is 229 Å². The molecular weight excluding hydrogens is 792 g/mol. The number of carbonyl (C=O) groups excluding carboxylic acids is 2. The fourth-order valence-electron chi connectivity index (χ4n) is 6.86. The molecule has 16 nitrogen and oxygen atoms in total. The normalized spacial score (nSPS) is 15.4. The SMILES string of the molecule is C=CC(=O)Cc1ccc2c(N3CC[C@@H](N)C3)nc(C)nc2c1.C=CC(=O)Cc1ccc2c(N3CC[C@@H](Nc4ncc(C#N)cn4)C3)nc(C)nc2c1.N#Cc1cnc(Cl)nc1. The number of aromatic nitrogens is 8. The van der Waals surface area contributed by atoms with E-state index in [-0.39, 0.29) is 28.9 Å². The summed E-state index contributed by atoms with van der Waals surface area (Å²) >= 11 is 5.34. The monoisotopic (exact) mass is 834 g/mol. The Morgan fingerprint density at radius 2 is 1.25 bits per heavy atom. The molecule has 0 saturated carbocycles. The zero-order valence-electron chi connectivity index (χ0n) is 33.8. The Morgan fingerprint density at radius 1 is 0.770 bits per heavy atom. The molecule has 2 aliphatic rings. The number of allylic oxidation sites excluding steroid dienone is 2. The first-order chi connectivity index (χ1) is 29.4. The van der Waals surface area contributed by atoms with Gasteiger partial charge in [-0.1, -0.05) is 25.3 Å². The summed E-state index contributed by atoms with van der Waals surface area (Å²) in [4.78, 5) is 61.6. The zero-order valence-corrected chi connectivity index (χ0v) is 34.5. The van der Waals surface area contributed by atoms with Crippen molar-refractivity contribution in [2.45, 2.75) is 51.6 Å². The third-order valence-corrected chi connectivity index (χ3v) is 9.99. The lowest BCUT2D eigenvalue weighted by Crippen LogP contribution is -2.27. The van der Waals surface area contributed by atoms with Gasteiger partial charge in [-0.25, -0.2) is 39.9 Å². The third kappa shape index (κ3) is 11.5. The molecule has 0 aliphatic carbocycles. The van der Waals surface area contributed by atoms with Gasteiger partial charge >= 0.3 is 0 Å². The van der Waals surface area contributed by atoms with E-state index < -0.39 is 0 Å². The standard InChI is InChI=1S/C22H21N7O.C17H20N4O.C5H2ClN3/c1-3-18(30)8-15-4-5-19-20(9-15)26-14(2)27-21(19)29-7-6-17(13-29)28-22-24-11-16(10-23)12-25-22;1-3-14(22)8-12-4-5-15-16(9-12)19-11(2)20-17(15)21-7-6-13(18)10-21;6-5-8-2-4(1-7)3-9-5/h3-5,9,11-12,17H,1,6-8,13H2,2H3,(H,24,25,28);3-5,9,13H,1,6-8,10,18H2,2H3;2-3H/t17-;13-;/m11./s1. The first-order valence-corrected chi connectivity index (χ1v) is 19.8. The number of hydrogen-bond acceptors (Lipinski definition) is 16. The lowest BCUT2D eigenvalue weighted by Gasteiger charge is -2.20. The molecule has 61 heavy (non-hydrogen) atoms. The lowest BCUT2D eigenvalue weighted by atomic mass is 10.1. The summed E-state index contributed by atoms with van der Waals surface area (Å²) in [5, 5.41) is 22.6. The van der Waals surface area contributed by atoms with Gasteiger partial charge in [-0.05, 0) is 85.8 Å². The van der Waals surface area contributed by atoms with Crippen LogP contribution in [0.15, 0.2) is 86.5 Å². The molecule has 4 aromatic heterocycles. The van der Waals surface area contributed by atoms with Gasteiger partial charge in [0.15, 0.2) is 11.6 Å². The molecule has 2 aliphatic heterocycles. The van der Waals surface area contributed by atoms with Crippen molar-refractivity contribution in [3.05, 3.63) is 126 Å². The molecule has 0 amide bonds. The second-order valence-corrected chi connectivity index (χ2v) is 14.8. The molecule has 2 aromatic carbocycles. The molecule has 2 atom stereocenters. The van der Waals surface area contributed by atoms with Crippen LogP contribution < -0.4 is 20.9 Å². The van der Waals surface area contributed by atoms with Gasteiger partial charge in [-0.15, -0.1) is 0 Å². The van der Waals surface area contributed by atoms with Gasteiger partial charge in [-0.2, -0.15) is 10.5 Å². The maximum atomic E-state index is 11.7. The summed E-state index contributed by atoms with van der Waals surface area (Å²) in [5.74, 6) is 3.77. The average Bonchev–Trinajstić information content (AvgIpc) is 3.92. The number of benzene rings is 2. The number of anilines is 3. The van der Waals surface area contributed by atoms with Crippen LogP contribution in [0, 0.1) is 36.5 Å². The highest BCUT2D eigenvalue weighted by Gasteiger charge is 2.26. The van der Waals surface area contributed by atoms with Crippen LogP contribution in [0.1, 0.15) is 46.7 Å². The molecule has 2 fully saturated rings. The van der Waals surface area contributed by atoms with Crippen LogP contribution in [0.3, 0.4) is 0 Å². The summed E-state index contributed by atoms with van der Waals surface area (Å²) in [6.07, 6.45) is 11.0. The van der Waals surface area contributed by atoms with Crippen LogP contribution in [0.4, 0.5) is 17.6 Å². The summed E-state index contributed by atoms with van der Waals surface area (Å²) in [5.41, 5.74) is 10.4. The quantitative estimate of drug-likeness (QED) is 0.131. The minimum atomic E-state index is -0.0150. The van der Waals surface area contributed by atoms with Crippen molar-refractivity contribution in [2.75, 3.05) is 41.3 Å². The van der Waals surface area contributed by atoms with Crippen molar-refractivity contribution < 1.29 is 9.59 Å². The number of carbonyl (C=O) groups is 2. The molecule has 308 valence electrons. The van der Waals surface area contributed by atoms with Crippen molar-refractivity contribution in [1.82, 2.24) is 39.9 Å². The van der Waals surface area contributed by atoms with E-state index in [9.17, 15) is 9.59 Å². The van der Waals surface area contributed by atoms with Gasteiger partial charge < -0.3 is 20.9 Å². The van der Waals surface area contributed by atoms with Crippen LogP contribution in [0.5, 0.6) is 0 Å². The Kier molecular flexibility index (Phi) is 14.3. The predicted molar refractivity (Wildman–Crippen MR) is 234 cm³/mol. The second kappa shape index (κ2) is 20.1. The lowest BCUT2D eigenvalue weighted by molar-refractivity contribution is -0.114. The summed E-state index contributed by atoms with van der Waals surface area (Å²) in [7, 11) is 0. The van der Waals surface area contributed by atoms with Crippen molar-refractivity contribution in [3.63, 3.8) is 0 Å². The summed E-state index contributed by atoms with van der Waals surface area (Å²) < 4.78 is 0. The number of ketones is 2. The van der Waals surface area contributed by atoms with Gasteiger partial charge in [-0.3, -0.25) is 9.59 Å². The van der Waals surface area contributed by atoms with Crippen molar-refractivity contribution in [1.29, 1.82) is 10.5 Å². The van der Waals surface area contributed by atoms with Gasteiger partial charge in [0.05, 0.1) is 34.6 Å². The molecule has 3 N–H and O–H groups in total. The van der Waals surface area contributed by atoms with Gasteiger partial charge in [0, 0.05) is 74.3 Å². The van der Waals surface area contributed by atoms with Crippen LogP contribution in [0.2, 0.25) is 5.28 Å². The smallest absolute Gasteiger partial charge is 0.222 e. The number of nitrogens with two attached hydrogens (primary N) is 1.